The van der Waals surface area contributed by atoms with Crippen LogP contribution in [0, 0.1) is 0 Å². The Morgan fingerprint density at radius 1 is 1.36 bits per heavy atom. The highest BCUT2D eigenvalue weighted by Gasteiger charge is 2.39. The smallest absolute Gasteiger partial charge is 0.376 e. The second-order valence-electron chi connectivity index (χ2n) is 6.04. The van der Waals surface area contributed by atoms with E-state index in [9.17, 15) is 18.0 Å². The monoisotopic (exact) mass is 411 g/mol. The molecule has 3 rings (SSSR count). The molecule has 3 aromatic heterocycles. The minimum absolute atomic E-state index is 0.0258. The van der Waals surface area contributed by atoms with Crippen molar-refractivity contribution in [3.63, 3.8) is 0 Å². The Kier molecular flexibility index (Phi) is 5.31. The minimum Gasteiger partial charge on any atom is -0.376 e. The highest BCUT2D eigenvalue weighted by Crippen LogP contribution is 2.34. The summed E-state index contributed by atoms with van der Waals surface area (Å²) < 4.78 is 39.9. The Balaban J connectivity index is 1.83. The number of nitrogens with zero attached hydrogens (tertiary/aromatic N) is 6. The van der Waals surface area contributed by atoms with E-state index in [0.29, 0.717) is 5.69 Å². The van der Waals surface area contributed by atoms with Crippen LogP contribution in [0.2, 0.25) is 0 Å². The van der Waals surface area contributed by atoms with E-state index in [-0.39, 0.29) is 22.3 Å². The molecule has 3 aromatic rings. The number of nitrogens with one attached hydrogen (secondary N) is 1. The normalized spacial score (nSPS) is 12.6. The zero-order chi connectivity index (χ0) is 20.5. The van der Waals surface area contributed by atoms with Crippen LogP contribution >= 0.6 is 11.3 Å². The molecule has 0 aliphatic heterocycles. The molecule has 0 fully saturated rings. The number of aromatic nitrogens is 5. The molecule has 28 heavy (non-hydrogen) atoms. The van der Waals surface area contributed by atoms with E-state index in [1.807, 2.05) is 0 Å². The maximum Gasteiger partial charge on any atom is 0.408 e. The van der Waals surface area contributed by atoms with Crippen LogP contribution in [0.25, 0.3) is 10.8 Å². The Morgan fingerprint density at radius 3 is 2.79 bits per heavy atom. The molecule has 0 aromatic carbocycles. The van der Waals surface area contributed by atoms with Crippen molar-refractivity contribution in [2.45, 2.75) is 19.1 Å². The first-order chi connectivity index (χ1) is 13.2. The lowest BCUT2D eigenvalue weighted by molar-refractivity contribution is -0.162. The van der Waals surface area contributed by atoms with Crippen molar-refractivity contribution in [3.8, 4) is 10.8 Å². The summed E-state index contributed by atoms with van der Waals surface area (Å²) in [5.74, 6) is -0.317. The third kappa shape index (κ3) is 3.96. The first-order valence-electron chi connectivity index (χ1n) is 8.04. The summed E-state index contributed by atoms with van der Waals surface area (Å²) in [5, 5.41) is 11.6. The number of alkyl halides is 3. The topological polar surface area (TPSA) is 88.8 Å². The first kappa shape index (κ1) is 19.7. The van der Waals surface area contributed by atoms with Crippen LogP contribution in [0.15, 0.2) is 30.0 Å². The van der Waals surface area contributed by atoms with Gasteiger partial charge in [-0.05, 0) is 19.1 Å². The van der Waals surface area contributed by atoms with Gasteiger partial charge in [0.15, 0.2) is 16.5 Å². The fourth-order valence-electron chi connectivity index (χ4n) is 2.38. The molecule has 0 aliphatic rings. The Bertz CT molecular complexity index is 983. The molecule has 0 bridgehead atoms. The van der Waals surface area contributed by atoms with E-state index in [2.05, 4.69) is 25.5 Å². The summed E-state index contributed by atoms with van der Waals surface area (Å²) in [6.07, 6.45) is -1.95. The highest BCUT2D eigenvalue weighted by atomic mass is 32.1. The van der Waals surface area contributed by atoms with Gasteiger partial charge >= 0.3 is 6.18 Å². The molecule has 1 atom stereocenters. The van der Waals surface area contributed by atoms with Gasteiger partial charge in [0.05, 0.1) is 5.69 Å². The number of hydrogen-bond acceptors (Lipinski definition) is 7. The van der Waals surface area contributed by atoms with E-state index in [4.69, 9.17) is 0 Å². The maximum atomic E-state index is 13.0. The Morgan fingerprint density at radius 2 is 2.11 bits per heavy atom. The van der Waals surface area contributed by atoms with Crippen molar-refractivity contribution in [3.05, 3.63) is 35.7 Å². The van der Waals surface area contributed by atoms with Crippen LogP contribution in [0.3, 0.4) is 0 Å². The van der Waals surface area contributed by atoms with Gasteiger partial charge in [0.2, 0.25) is 0 Å². The predicted molar refractivity (Wildman–Crippen MR) is 98.4 cm³/mol. The lowest BCUT2D eigenvalue weighted by Gasteiger charge is -2.17. The fraction of sp³-hybridized carbons (Fsp3) is 0.312. The van der Waals surface area contributed by atoms with Gasteiger partial charge in [0.1, 0.15) is 18.2 Å². The third-order valence-corrected chi connectivity index (χ3v) is 4.72. The zero-order valence-electron chi connectivity index (χ0n) is 15.1. The summed E-state index contributed by atoms with van der Waals surface area (Å²) >= 11 is 1.05. The quantitative estimate of drug-likeness (QED) is 0.693. The molecule has 1 N–H and O–H groups in total. The molecular weight excluding hydrogens is 395 g/mol. The number of carbonyl (C=O) groups excluding carboxylic acids is 1. The lowest BCUT2D eigenvalue weighted by atomic mass is 10.2. The summed E-state index contributed by atoms with van der Waals surface area (Å²) in [5.41, 5.74) is 0.824. The molecular formula is C16H16F3N7OS. The third-order valence-electron chi connectivity index (χ3n) is 3.88. The number of hydrogen-bond donors (Lipinski definition) is 1. The molecule has 0 saturated carbocycles. The number of thiazole rings is 1. The van der Waals surface area contributed by atoms with E-state index >= 15 is 0 Å². The van der Waals surface area contributed by atoms with E-state index in [0.717, 1.165) is 29.2 Å². The summed E-state index contributed by atoms with van der Waals surface area (Å²) in [6.45, 7) is 1.01. The number of rotatable bonds is 5. The number of halogens is 3. The molecule has 0 aliphatic carbocycles. The minimum atomic E-state index is -4.45. The number of carbonyl (C=O) groups is 1. The van der Waals surface area contributed by atoms with Crippen LogP contribution in [0.4, 0.5) is 24.7 Å². The van der Waals surface area contributed by atoms with Crippen molar-refractivity contribution < 1.29 is 18.0 Å². The highest BCUT2D eigenvalue weighted by molar-refractivity contribution is 7.13. The molecule has 1 amide bonds. The maximum absolute atomic E-state index is 13.0. The van der Waals surface area contributed by atoms with Gasteiger partial charge in [-0.15, -0.1) is 21.5 Å². The fourth-order valence-corrected chi connectivity index (χ4v) is 3.12. The molecule has 0 radical (unpaired) electrons. The van der Waals surface area contributed by atoms with Crippen molar-refractivity contribution in [2.75, 3.05) is 24.3 Å². The van der Waals surface area contributed by atoms with Crippen LogP contribution in [0.5, 0.6) is 0 Å². The van der Waals surface area contributed by atoms with Gasteiger partial charge in [-0.1, -0.05) is 0 Å². The molecule has 3 heterocycles. The van der Waals surface area contributed by atoms with Gasteiger partial charge in [0.25, 0.3) is 5.91 Å². The van der Waals surface area contributed by atoms with Gasteiger partial charge in [0, 0.05) is 25.7 Å². The van der Waals surface area contributed by atoms with E-state index in [1.165, 1.54) is 11.6 Å². The van der Waals surface area contributed by atoms with E-state index < -0.39 is 18.1 Å². The van der Waals surface area contributed by atoms with Crippen LogP contribution < -0.4 is 10.2 Å². The molecule has 1 unspecified atom stereocenters. The number of amides is 1. The molecule has 148 valence electrons. The lowest BCUT2D eigenvalue weighted by Crippen LogP contribution is -2.24. The number of anilines is 2. The first-order valence-corrected chi connectivity index (χ1v) is 8.92. The SMILES string of the molecule is CC(n1cnnc1-c1nc(NC(=O)c2ncccc2N(C)C)cs1)C(F)(F)F. The number of pyridine rings is 1. The van der Waals surface area contributed by atoms with Crippen molar-refractivity contribution in [1.29, 1.82) is 0 Å². The van der Waals surface area contributed by atoms with Gasteiger partial charge in [-0.3, -0.25) is 9.36 Å². The average Bonchev–Trinajstić information content (AvgIpc) is 3.29. The second kappa shape index (κ2) is 7.54. The Labute approximate surface area is 162 Å². The van der Waals surface area contributed by atoms with Crippen molar-refractivity contribution in [2.24, 2.45) is 0 Å². The van der Waals surface area contributed by atoms with Crippen LogP contribution in [-0.4, -0.2) is 50.9 Å². The summed E-state index contributed by atoms with van der Waals surface area (Å²) in [6, 6.07) is 1.65. The van der Waals surface area contributed by atoms with Gasteiger partial charge in [-0.2, -0.15) is 13.2 Å². The molecule has 8 nitrogen and oxygen atoms in total. The standard InChI is InChI=1S/C16H16F3N7OS/c1-9(16(17,18)19)26-8-21-24-13(26)15-23-11(7-28-15)22-14(27)12-10(25(2)3)5-4-6-20-12/h4-9H,1-3H3,(H,22,27). The van der Waals surface area contributed by atoms with Crippen LogP contribution in [0.1, 0.15) is 23.5 Å². The second-order valence-corrected chi connectivity index (χ2v) is 6.90. The van der Waals surface area contributed by atoms with Gasteiger partial charge in [-0.25, -0.2) is 9.97 Å². The van der Waals surface area contributed by atoms with Crippen molar-refractivity contribution in [1.82, 2.24) is 24.7 Å². The van der Waals surface area contributed by atoms with Crippen LogP contribution in [-0.2, 0) is 0 Å². The van der Waals surface area contributed by atoms with Crippen molar-refractivity contribution >= 4 is 28.7 Å². The Hall–Kier alpha value is -3.02. The molecule has 0 saturated heterocycles. The van der Waals surface area contributed by atoms with E-state index in [1.54, 1.807) is 31.1 Å². The largest absolute Gasteiger partial charge is 0.408 e. The molecule has 0 spiro atoms. The molecule has 12 heteroatoms. The predicted octanol–water partition coefficient (Wildman–Crippen LogP) is 3.24. The summed E-state index contributed by atoms with van der Waals surface area (Å²) in [7, 11) is 3.56. The van der Waals surface area contributed by atoms with Gasteiger partial charge < -0.3 is 10.2 Å². The summed E-state index contributed by atoms with van der Waals surface area (Å²) in [4.78, 5) is 22.5. The zero-order valence-corrected chi connectivity index (χ0v) is 15.9. The average molecular weight is 411 g/mol.